The zero-order valence-electron chi connectivity index (χ0n) is 22.6. The fourth-order valence-corrected chi connectivity index (χ4v) is 4.88. The summed E-state index contributed by atoms with van der Waals surface area (Å²) in [5.74, 6) is 0.869. The van der Waals surface area contributed by atoms with Crippen LogP contribution >= 0.6 is 0 Å². The van der Waals surface area contributed by atoms with Gasteiger partial charge >= 0.3 is 12.1 Å². The zero-order chi connectivity index (χ0) is 24.6. The highest BCUT2D eigenvalue weighted by Crippen LogP contribution is 2.50. The minimum atomic E-state index is 0.0546. The first kappa shape index (κ1) is 28.6. The first-order valence-corrected chi connectivity index (χ1v) is 13.1. The molecule has 0 saturated heterocycles. The second-order valence-corrected chi connectivity index (χ2v) is 10.7. The summed E-state index contributed by atoms with van der Waals surface area (Å²) in [6.45, 7) is 23.0. The number of amides is 4. The van der Waals surface area contributed by atoms with Crippen molar-refractivity contribution in [3.63, 3.8) is 0 Å². The van der Waals surface area contributed by atoms with E-state index in [1.54, 1.807) is 0 Å². The molecule has 1 saturated carbocycles. The highest BCUT2D eigenvalue weighted by molar-refractivity contribution is 5.75. The number of hydrogen-bond donors (Lipinski definition) is 2. The molecule has 4 amide bonds. The molecule has 0 bridgehead atoms. The Labute approximate surface area is 198 Å². The monoisotopic (exact) mass is 452 g/mol. The van der Waals surface area contributed by atoms with Crippen LogP contribution in [0.3, 0.4) is 0 Å². The highest BCUT2D eigenvalue weighted by Gasteiger charge is 2.48. The van der Waals surface area contributed by atoms with Crippen molar-refractivity contribution in [2.24, 2.45) is 17.3 Å². The third-order valence-corrected chi connectivity index (χ3v) is 8.40. The zero-order valence-corrected chi connectivity index (χ0v) is 22.6. The molecule has 1 rings (SSSR count). The van der Waals surface area contributed by atoms with Gasteiger partial charge in [0.2, 0.25) is 0 Å². The van der Waals surface area contributed by atoms with E-state index in [1.807, 2.05) is 9.80 Å². The molecule has 188 valence electrons. The van der Waals surface area contributed by atoms with Crippen LogP contribution in [0.4, 0.5) is 9.59 Å². The van der Waals surface area contributed by atoms with Crippen molar-refractivity contribution in [1.82, 2.24) is 20.4 Å². The van der Waals surface area contributed by atoms with Gasteiger partial charge in [0.15, 0.2) is 0 Å². The molecule has 6 heteroatoms. The first-order valence-electron chi connectivity index (χ1n) is 13.1. The minimum Gasteiger partial charge on any atom is -0.338 e. The van der Waals surface area contributed by atoms with Gasteiger partial charge < -0.3 is 20.4 Å². The van der Waals surface area contributed by atoms with E-state index in [2.05, 4.69) is 79.9 Å². The molecule has 0 aromatic carbocycles. The molecule has 1 aliphatic rings. The Kier molecular flexibility index (Phi) is 11.3. The molecule has 0 heterocycles. The van der Waals surface area contributed by atoms with Crippen LogP contribution in [0.15, 0.2) is 0 Å². The summed E-state index contributed by atoms with van der Waals surface area (Å²) in [5.41, 5.74) is 0.0930. The molecule has 6 atom stereocenters. The molecule has 0 aliphatic heterocycles. The second-order valence-electron chi connectivity index (χ2n) is 10.7. The normalized spacial score (nSPS) is 23.3. The minimum absolute atomic E-state index is 0.0546. The van der Waals surface area contributed by atoms with Gasteiger partial charge in [-0.05, 0) is 77.0 Å². The summed E-state index contributed by atoms with van der Waals surface area (Å²) in [5, 5.41) is 6.42. The van der Waals surface area contributed by atoms with Crippen LogP contribution in [-0.2, 0) is 0 Å². The van der Waals surface area contributed by atoms with E-state index in [1.165, 1.54) is 0 Å². The Morgan fingerprint density at radius 3 is 1.22 bits per heavy atom. The van der Waals surface area contributed by atoms with Gasteiger partial charge in [-0.3, -0.25) is 0 Å². The molecular weight excluding hydrogens is 400 g/mol. The molecule has 0 aromatic rings. The van der Waals surface area contributed by atoms with Crippen molar-refractivity contribution in [2.75, 3.05) is 13.1 Å². The second kappa shape index (κ2) is 12.7. The van der Waals surface area contributed by atoms with Crippen LogP contribution in [-0.4, -0.2) is 59.1 Å². The van der Waals surface area contributed by atoms with E-state index in [9.17, 15) is 9.59 Å². The van der Waals surface area contributed by atoms with Gasteiger partial charge in [0.05, 0.1) is 0 Å². The average Bonchev–Trinajstić information content (AvgIpc) is 2.77. The number of carbonyl (C=O) groups excluding carboxylic acids is 2. The lowest BCUT2D eigenvalue weighted by molar-refractivity contribution is -0.0165. The number of rotatable bonds is 12. The summed E-state index contributed by atoms with van der Waals surface area (Å²) in [4.78, 5) is 29.8. The molecule has 6 nitrogen and oxygen atoms in total. The number of nitrogens with one attached hydrogen (secondary N) is 2. The van der Waals surface area contributed by atoms with E-state index < -0.39 is 0 Å². The Bertz CT molecular complexity index is 526. The number of hydrogen-bond acceptors (Lipinski definition) is 2. The van der Waals surface area contributed by atoms with E-state index in [-0.39, 0.29) is 41.6 Å². The molecule has 0 aromatic heterocycles. The topological polar surface area (TPSA) is 64.7 Å². The van der Waals surface area contributed by atoms with E-state index in [0.717, 1.165) is 32.1 Å². The Morgan fingerprint density at radius 2 is 1.00 bits per heavy atom. The van der Waals surface area contributed by atoms with Crippen LogP contribution in [0.1, 0.15) is 101 Å². The van der Waals surface area contributed by atoms with Crippen molar-refractivity contribution < 1.29 is 9.59 Å². The smallest absolute Gasteiger partial charge is 0.317 e. The van der Waals surface area contributed by atoms with Crippen LogP contribution in [0.2, 0.25) is 0 Å². The van der Waals surface area contributed by atoms with Gasteiger partial charge in [0, 0.05) is 37.3 Å². The fraction of sp³-hybridized carbons (Fsp3) is 0.923. The van der Waals surface area contributed by atoms with Gasteiger partial charge in [-0.2, -0.15) is 0 Å². The van der Waals surface area contributed by atoms with Gasteiger partial charge in [-0.15, -0.1) is 0 Å². The van der Waals surface area contributed by atoms with Gasteiger partial charge in [0.1, 0.15) is 0 Å². The lowest BCUT2D eigenvalue weighted by Crippen LogP contribution is -2.57. The fourth-order valence-electron chi connectivity index (χ4n) is 4.88. The van der Waals surface area contributed by atoms with Crippen LogP contribution in [0.25, 0.3) is 0 Å². The molecule has 1 aliphatic carbocycles. The third kappa shape index (κ3) is 6.77. The van der Waals surface area contributed by atoms with E-state index >= 15 is 0 Å². The molecular formula is C26H52N4O2. The van der Waals surface area contributed by atoms with Crippen molar-refractivity contribution in [2.45, 2.75) is 126 Å². The number of carbonyl (C=O) groups is 2. The lowest BCUT2D eigenvalue weighted by Gasteiger charge is -2.53. The largest absolute Gasteiger partial charge is 0.338 e. The van der Waals surface area contributed by atoms with Gasteiger partial charge in [-0.25, -0.2) is 9.59 Å². The standard InChI is InChI=1S/C26H52N4O2/c1-11-18(5)29(19(6)12-2)24(31)27-16-22-15-23(26(22,9)10)17-28-25(32)30(20(7)13-3)21(8)14-4/h18-23H,11-17H2,1-10H3,(H,27,31)(H,28,32)/t18-,19+,20-,21+,22-,23+. The molecule has 1 fully saturated rings. The van der Waals surface area contributed by atoms with Crippen molar-refractivity contribution in [3.8, 4) is 0 Å². The van der Waals surface area contributed by atoms with Crippen molar-refractivity contribution >= 4 is 12.1 Å². The maximum atomic E-state index is 12.9. The Hall–Kier alpha value is -1.46. The third-order valence-electron chi connectivity index (χ3n) is 8.40. The van der Waals surface area contributed by atoms with Crippen LogP contribution in [0, 0.1) is 17.3 Å². The van der Waals surface area contributed by atoms with Gasteiger partial charge in [0.25, 0.3) is 0 Å². The van der Waals surface area contributed by atoms with E-state index in [4.69, 9.17) is 0 Å². The summed E-state index contributed by atoms with van der Waals surface area (Å²) in [6, 6.07) is 1.06. The van der Waals surface area contributed by atoms with E-state index in [0.29, 0.717) is 24.9 Å². The Morgan fingerprint density at radius 1 is 0.719 bits per heavy atom. The number of nitrogens with zero attached hydrogens (tertiary/aromatic N) is 2. The van der Waals surface area contributed by atoms with Gasteiger partial charge in [-0.1, -0.05) is 41.5 Å². The summed E-state index contributed by atoms with van der Waals surface area (Å²) >= 11 is 0. The number of urea groups is 2. The molecule has 0 spiro atoms. The average molecular weight is 453 g/mol. The first-order chi connectivity index (χ1) is 15.0. The Balaban J connectivity index is 2.61. The SMILES string of the molecule is CC[C@@H](C)N(C(=O)NC[C@@H]1C[C@H](CNC(=O)N([C@H](C)CC)[C@@H](C)CC)C1(C)C)[C@@H](C)CC. The molecule has 0 radical (unpaired) electrons. The predicted molar refractivity (Wildman–Crippen MR) is 135 cm³/mol. The lowest BCUT2D eigenvalue weighted by atomic mass is 9.54. The molecule has 2 N–H and O–H groups in total. The molecule has 0 unspecified atom stereocenters. The summed E-state index contributed by atoms with van der Waals surface area (Å²) in [6.07, 6.45) is 4.86. The summed E-state index contributed by atoms with van der Waals surface area (Å²) in [7, 11) is 0. The quantitative estimate of drug-likeness (QED) is 0.389. The maximum Gasteiger partial charge on any atom is 0.317 e. The van der Waals surface area contributed by atoms with Crippen LogP contribution in [0.5, 0.6) is 0 Å². The maximum absolute atomic E-state index is 12.9. The predicted octanol–water partition coefficient (Wildman–Crippen LogP) is 5.87. The van der Waals surface area contributed by atoms with Crippen molar-refractivity contribution in [3.05, 3.63) is 0 Å². The van der Waals surface area contributed by atoms with Crippen molar-refractivity contribution in [1.29, 1.82) is 0 Å². The highest BCUT2D eigenvalue weighted by atomic mass is 16.2. The molecule has 32 heavy (non-hydrogen) atoms. The summed E-state index contributed by atoms with van der Waals surface area (Å²) < 4.78 is 0. The van der Waals surface area contributed by atoms with Crippen LogP contribution < -0.4 is 10.6 Å².